The molecule has 2 aromatic rings. The minimum Gasteiger partial charge on any atom is -0.398 e. The summed E-state index contributed by atoms with van der Waals surface area (Å²) in [6.45, 7) is 3.75. The number of anilines is 2. The molecule has 0 unspecified atom stereocenters. The topological polar surface area (TPSA) is 72.2 Å². The van der Waals surface area contributed by atoms with Crippen LogP contribution in [0.5, 0.6) is 0 Å². The Balaban J connectivity index is 2.40. The molecule has 6 heteroatoms. The molecule has 0 heterocycles. The van der Waals surface area contributed by atoms with Gasteiger partial charge in [0.25, 0.3) is 10.0 Å². The number of nitrogens with two attached hydrogens (primary N) is 1. The van der Waals surface area contributed by atoms with Gasteiger partial charge in [0.15, 0.2) is 0 Å². The molecule has 0 amide bonds. The highest BCUT2D eigenvalue weighted by molar-refractivity contribution is 9.10. The summed E-state index contributed by atoms with van der Waals surface area (Å²) >= 11 is 3.30. The van der Waals surface area contributed by atoms with E-state index in [0.717, 1.165) is 15.6 Å². The first-order chi connectivity index (χ1) is 9.29. The highest BCUT2D eigenvalue weighted by Crippen LogP contribution is 2.25. The summed E-state index contributed by atoms with van der Waals surface area (Å²) < 4.78 is 28.1. The molecule has 106 valence electrons. The Hall–Kier alpha value is -1.53. The molecule has 0 aliphatic heterocycles. The van der Waals surface area contributed by atoms with Crippen molar-refractivity contribution in [3.8, 4) is 0 Å². The number of nitrogens with one attached hydrogen (secondary N) is 1. The third-order valence-corrected chi connectivity index (χ3v) is 4.98. The summed E-state index contributed by atoms with van der Waals surface area (Å²) in [6, 6.07) is 10.2. The molecule has 0 radical (unpaired) electrons. The molecule has 0 aromatic heterocycles. The maximum atomic E-state index is 12.4. The first kappa shape index (κ1) is 14.9. The van der Waals surface area contributed by atoms with E-state index in [1.54, 1.807) is 36.4 Å². The number of benzene rings is 2. The molecule has 0 aliphatic carbocycles. The quantitative estimate of drug-likeness (QED) is 0.829. The van der Waals surface area contributed by atoms with E-state index in [4.69, 9.17) is 5.73 Å². The summed E-state index contributed by atoms with van der Waals surface area (Å²) in [5.41, 5.74) is 8.41. The first-order valence-corrected chi connectivity index (χ1v) is 8.22. The molecule has 4 nitrogen and oxygen atoms in total. The van der Waals surface area contributed by atoms with E-state index < -0.39 is 10.0 Å². The summed E-state index contributed by atoms with van der Waals surface area (Å²) in [7, 11) is -3.69. The van der Waals surface area contributed by atoms with Crippen LogP contribution in [-0.4, -0.2) is 8.42 Å². The van der Waals surface area contributed by atoms with E-state index in [1.165, 1.54) is 0 Å². The predicted molar refractivity (Wildman–Crippen MR) is 85.3 cm³/mol. The van der Waals surface area contributed by atoms with Crippen LogP contribution in [0.4, 0.5) is 11.4 Å². The Morgan fingerprint density at radius 1 is 1.05 bits per heavy atom. The van der Waals surface area contributed by atoms with Gasteiger partial charge >= 0.3 is 0 Å². The molecule has 0 bridgehead atoms. The Morgan fingerprint density at radius 3 is 2.20 bits per heavy atom. The van der Waals surface area contributed by atoms with Gasteiger partial charge in [-0.2, -0.15) is 0 Å². The normalized spacial score (nSPS) is 11.3. The van der Waals surface area contributed by atoms with Gasteiger partial charge in [0, 0.05) is 10.2 Å². The molecule has 0 fully saturated rings. The van der Waals surface area contributed by atoms with E-state index in [-0.39, 0.29) is 10.6 Å². The summed E-state index contributed by atoms with van der Waals surface area (Å²) in [5.74, 6) is 0. The fraction of sp³-hybridized carbons (Fsp3) is 0.143. The molecule has 0 saturated carbocycles. The van der Waals surface area contributed by atoms with Crippen LogP contribution in [0.2, 0.25) is 0 Å². The van der Waals surface area contributed by atoms with Gasteiger partial charge in [-0.05, 0) is 61.4 Å². The van der Waals surface area contributed by atoms with Crippen LogP contribution in [0.1, 0.15) is 11.1 Å². The van der Waals surface area contributed by atoms with Crippen molar-refractivity contribution in [1.29, 1.82) is 0 Å². The van der Waals surface area contributed by atoms with Crippen LogP contribution in [0, 0.1) is 13.8 Å². The number of rotatable bonds is 3. The van der Waals surface area contributed by atoms with Crippen molar-refractivity contribution in [1.82, 2.24) is 0 Å². The van der Waals surface area contributed by atoms with Crippen molar-refractivity contribution >= 4 is 37.3 Å². The lowest BCUT2D eigenvalue weighted by Crippen LogP contribution is -2.15. The standard InChI is InChI=1S/C14H15BrN2O2S/c1-9-7-13(16)14(8-10(9)2)20(18,19)17-12-5-3-11(15)4-6-12/h3-8,17H,16H2,1-2H3. The second-order valence-electron chi connectivity index (χ2n) is 4.59. The number of aryl methyl sites for hydroxylation is 2. The summed E-state index contributed by atoms with van der Waals surface area (Å²) in [4.78, 5) is 0.100. The van der Waals surface area contributed by atoms with Gasteiger partial charge in [-0.3, -0.25) is 4.72 Å². The van der Waals surface area contributed by atoms with E-state index >= 15 is 0 Å². The lowest BCUT2D eigenvalue weighted by Gasteiger charge is -2.12. The minimum atomic E-state index is -3.69. The zero-order chi connectivity index (χ0) is 14.9. The summed E-state index contributed by atoms with van der Waals surface area (Å²) in [6.07, 6.45) is 0. The highest BCUT2D eigenvalue weighted by Gasteiger charge is 2.18. The van der Waals surface area contributed by atoms with Gasteiger partial charge in [0.2, 0.25) is 0 Å². The Kier molecular flexibility index (Phi) is 4.06. The second-order valence-corrected chi connectivity index (χ2v) is 7.15. The number of hydrogen-bond donors (Lipinski definition) is 2. The van der Waals surface area contributed by atoms with E-state index in [0.29, 0.717) is 5.69 Å². The average Bonchev–Trinajstić information content (AvgIpc) is 2.36. The monoisotopic (exact) mass is 354 g/mol. The van der Waals surface area contributed by atoms with E-state index in [1.807, 2.05) is 13.8 Å². The van der Waals surface area contributed by atoms with Crippen molar-refractivity contribution in [2.75, 3.05) is 10.5 Å². The molecule has 2 rings (SSSR count). The zero-order valence-corrected chi connectivity index (χ0v) is 13.5. The minimum absolute atomic E-state index is 0.100. The fourth-order valence-corrected chi connectivity index (χ4v) is 3.29. The summed E-state index contributed by atoms with van der Waals surface area (Å²) in [5, 5.41) is 0. The van der Waals surface area contributed by atoms with Crippen molar-refractivity contribution < 1.29 is 8.42 Å². The molecule has 3 N–H and O–H groups in total. The van der Waals surface area contributed by atoms with Gasteiger partial charge in [0.05, 0.1) is 5.69 Å². The Morgan fingerprint density at radius 2 is 1.60 bits per heavy atom. The molecule has 0 saturated heterocycles. The van der Waals surface area contributed by atoms with Crippen molar-refractivity contribution in [3.05, 3.63) is 52.0 Å². The van der Waals surface area contributed by atoms with Crippen LogP contribution in [0.15, 0.2) is 45.8 Å². The van der Waals surface area contributed by atoms with Crippen molar-refractivity contribution in [2.24, 2.45) is 0 Å². The van der Waals surface area contributed by atoms with Crippen molar-refractivity contribution in [2.45, 2.75) is 18.7 Å². The van der Waals surface area contributed by atoms with Crippen LogP contribution in [0.25, 0.3) is 0 Å². The third-order valence-electron chi connectivity index (χ3n) is 3.01. The molecule has 2 aromatic carbocycles. The third kappa shape index (κ3) is 3.13. The molecular formula is C14H15BrN2O2S. The zero-order valence-electron chi connectivity index (χ0n) is 11.1. The van der Waals surface area contributed by atoms with Crippen LogP contribution < -0.4 is 10.5 Å². The number of sulfonamides is 1. The van der Waals surface area contributed by atoms with Crippen LogP contribution in [0.3, 0.4) is 0 Å². The van der Waals surface area contributed by atoms with Gasteiger partial charge in [0.1, 0.15) is 4.90 Å². The van der Waals surface area contributed by atoms with E-state index in [9.17, 15) is 8.42 Å². The van der Waals surface area contributed by atoms with Crippen LogP contribution >= 0.6 is 15.9 Å². The second kappa shape index (κ2) is 5.46. The van der Waals surface area contributed by atoms with E-state index in [2.05, 4.69) is 20.7 Å². The smallest absolute Gasteiger partial charge is 0.263 e. The Bertz CT molecular complexity index is 741. The fourth-order valence-electron chi connectivity index (χ4n) is 1.77. The molecule has 20 heavy (non-hydrogen) atoms. The molecule has 0 spiro atoms. The van der Waals surface area contributed by atoms with Gasteiger partial charge in [-0.15, -0.1) is 0 Å². The van der Waals surface area contributed by atoms with Gasteiger partial charge in [-0.25, -0.2) is 8.42 Å². The molecule has 0 atom stereocenters. The van der Waals surface area contributed by atoms with Crippen molar-refractivity contribution in [3.63, 3.8) is 0 Å². The Labute approximate surface area is 127 Å². The SMILES string of the molecule is Cc1cc(N)c(S(=O)(=O)Nc2ccc(Br)cc2)cc1C. The predicted octanol–water partition coefficient (Wildman–Crippen LogP) is 3.45. The number of halogens is 1. The lowest BCUT2D eigenvalue weighted by atomic mass is 10.1. The average molecular weight is 355 g/mol. The van der Waals surface area contributed by atoms with Crippen LogP contribution in [-0.2, 0) is 10.0 Å². The largest absolute Gasteiger partial charge is 0.398 e. The molecular weight excluding hydrogens is 340 g/mol. The van der Waals surface area contributed by atoms with Gasteiger partial charge < -0.3 is 5.73 Å². The van der Waals surface area contributed by atoms with Gasteiger partial charge in [-0.1, -0.05) is 15.9 Å². The maximum Gasteiger partial charge on any atom is 0.263 e. The first-order valence-electron chi connectivity index (χ1n) is 5.95. The number of nitrogen functional groups attached to an aromatic ring is 1. The lowest BCUT2D eigenvalue weighted by molar-refractivity contribution is 0.601. The molecule has 0 aliphatic rings. The highest BCUT2D eigenvalue weighted by atomic mass is 79.9. The number of hydrogen-bond acceptors (Lipinski definition) is 3. The maximum absolute atomic E-state index is 12.4.